The molecule has 0 aliphatic carbocycles. The summed E-state index contributed by atoms with van der Waals surface area (Å²) in [5, 5.41) is 0. The van der Waals surface area contributed by atoms with Crippen LogP contribution in [0.3, 0.4) is 0 Å². The van der Waals surface area contributed by atoms with E-state index in [2.05, 4.69) is 4.98 Å². The summed E-state index contributed by atoms with van der Waals surface area (Å²) in [7, 11) is 0. The molecular formula is C17H19NO2. The molecule has 0 radical (unpaired) electrons. The fourth-order valence-electron chi connectivity index (χ4n) is 1.91. The van der Waals surface area contributed by atoms with Crippen LogP contribution in [0.4, 0.5) is 0 Å². The Kier molecular flexibility index (Phi) is 5.02. The maximum atomic E-state index is 12.2. The molecule has 1 aromatic carbocycles. The summed E-state index contributed by atoms with van der Waals surface area (Å²) in [4.78, 5) is 16.4. The van der Waals surface area contributed by atoms with Gasteiger partial charge in [0, 0.05) is 23.9 Å². The smallest absolute Gasteiger partial charge is 0.191 e. The number of aryl methyl sites for hydroxylation is 1. The average Bonchev–Trinajstić information content (AvgIpc) is 2.48. The first-order chi connectivity index (χ1) is 9.66. The molecule has 0 amide bonds. The number of carbonyl (C=O) groups excluding carboxylic acids is 1. The molecule has 0 N–H and O–H groups in total. The van der Waals surface area contributed by atoms with Crippen molar-refractivity contribution in [1.29, 1.82) is 0 Å². The van der Waals surface area contributed by atoms with Gasteiger partial charge < -0.3 is 4.74 Å². The van der Waals surface area contributed by atoms with Crippen LogP contribution in [0.25, 0.3) is 0 Å². The van der Waals surface area contributed by atoms with Crippen LogP contribution < -0.4 is 0 Å². The normalized spacial score (nSPS) is 12.1. The third-order valence-corrected chi connectivity index (χ3v) is 3.16. The predicted molar refractivity (Wildman–Crippen MR) is 78.9 cm³/mol. The molecule has 0 fully saturated rings. The maximum Gasteiger partial charge on any atom is 0.191 e. The maximum absolute atomic E-state index is 12.2. The first kappa shape index (κ1) is 14.4. The number of rotatable bonds is 6. The van der Waals surface area contributed by atoms with Crippen LogP contribution in [0.1, 0.15) is 28.5 Å². The van der Waals surface area contributed by atoms with Crippen LogP contribution >= 0.6 is 0 Å². The second-order valence-electron chi connectivity index (χ2n) is 4.81. The molecule has 0 spiro atoms. The number of hydrogen-bond donors (Lipinski definition) is 0. The second kappa shape index (κ2) is 6.96. The van der Waals surface area contributed by atoms with E-state index in [1.54, 1.807) is 13.1 Å². The molecule has 0 aliphatic rings. The van der Waals surface area contributed by atoms with E-state index in [0.29, 0.717) is 18.6 Å². The highest BCUT2D eigenvalue weighted by Gasteiger charge is 2.15. The fraction of sp³-hybridized carbons (Fsp3) is 0.294. The minimum absolute atomic E-state index is 0.0195. The van der Waals surface area contributed by atoms with Crippen LogP contribution in [-0.4, -0.2) is 23.5 Å². The predicted octanol–water partition coefficient (Wildman–Crippen LogP) is 3.22. The Balaban J connectivity index is 1.84. The van der Waals surface area contributed by atoms with Crippen LogP contribution in [0.15, 0.2) is 48.7 Å². The van der Waals surface area contributed by atoms with Crippen molar-refractivity contribution in [1.82, 2.24) is 4.98 Å². The first-order valence-corrected chi connectivity index (χ1v) is 6.79. The summed E-state index contributed by atoms with van der Waals surface area (Å²) in [5.41, 5.74) is 2.81. The van der Waals surface area contributed by atoms with E-state index in [0.717, 1.165) is 11.3 Å². The summed E-state index contributed by atoms with van der Waals surface area (Å²) < 4.78 is 5.60. The zero-order chi connectivity index (χ0) is 14.4. The van der Waals surface area contributed by atoms with E-state index in [1.165, 1.54) is 0 Å². The van der Waals surface area contributed by atoms with Gasteiger partial charge in [0.2, 0.25) is 0 Å². The van der Waals surface area contributed by atoms with Gasteiger partial charge in [-0.2, -0.15) is 0 Å². The molecule has 3 nitrogen and oxygen atoms in total. The molecular weight excluding hydrogens is 250 g/mol. The van der Waals surface area contributed by atoms with Gasteiger partial charge in [0.25, 0.3) is 0 Å². The first-order valence-electron chi connectivity index (χ1n) is 6.79. The summed E-state index contributed by atoms with van der Waals surface area (Å²) in [6.07, 6.45) is 2.05. The van der Waals surface area contributed by atoms with Crippen molar-refractivity contribution in [2.24, 2.45) is 0 Å². The fourth-order valence-corrected chi connectivity index (χ4v) is 1.91. The van der Waals surface area contributed by atoms with Crippen LogP contribution in [0.5, 0.6) is 0 Å². The van der Waals surface area contributed by atoms with Crippen LogP contribution in [0.2, 0.25) is 0 Å². The van der Waals surface area contributed by atoms with Crippen LogP contribution in [-0.2, 0) is 11.2 Å². The number of carbonyl (C=O) groups is 1. The summed E-state index contributed by atoms with van der Waals surface area (Å²) in [6.45, 7) is 4.29. The molecule has 0 saturated carbocycles. The largest absolute Gasteiger partial charge is 0.370 e. The minimum Gasteiger partial charge on any atom is -0.370 e. The Hall–Kier alpha value is -2.00. The number of hydrogen-bond acceptors (Lipinski definition) is 3. The number of nitrogens with zero attached hydrogens (tertiary/aromatic N) is 1. The number of benzene rings is 1. The Labute approximate surface area is 119 Å². The Morgan fingerprint density at radius 3 is 2.60 bits per heavy atom. The molecule has 104 valence electrons. The molecule has 2 aromatic rings. The molecule has 0 aliphatic heterocycles. The van der Waals surface area contributed by atoms with E-state index in [4.69, 9.17) is 4.74 Å². The quantitative estimate of drug-likeness (QED) is 0.756. The minimum atomic E-state index is -0.429. The summed E-state index contributed by atoms with van der Waals surface area (Å²) in [6, 6.07) is 13.3. The van der Waals surface area contributed by atoms with E-state index in [-0.39, 0.29) is 5.78 Å². The van der Waals surface area contributed by atoms with Crippen molar-refractivity contribution in [3.63, 3.8) is 0 Å². The molecule has 1 heterocycles. The number of pyridine rings is 1. The van der Waals surface area contributed by atoms with E-state index in [9.17, 15) is 4.79 Å². The topological polar surface area (TPSA) is 39.2 Å². The molecule has 1 atom stereocenters. The highest BCUT2D eigenvalue weighted by Crippen LogP contribution is 2.08. The standard InChI is InChI=1S/C17H19NO2/c1-13-6-8-15(9-7-13)17(19)14(2)20-12-10-16-5-3-4-11-18-16/h3-9,11,14H,10,12H2,1-2H3. The molecule has 3 heteroatoms. The molecule has 20 heavy (non-hydrogen) atoms. The van der Waals surface area contributed by atoms with Gasteiger partial charge in [-0.3, -0.25) is 9.78 Å². The summed E-state index contributed by atoms with van der Waals surface area (Å²) >= 11 is 0. The van der Waals surface area contributed by atoms with E-state index in [1.807, 2.05) is 49.4 Å². The van der Waals surface area contributed by atoms with Crippen molar-refractivity contribution < 1.29 is 9.53 Å². The van der Waals surface area contributed by atoms with Gasteiger partial charge in [-0.15, -0.1) is 0 Å². The van der Waals surface area contributed by atoms with Gasteiger partial charge in [0.05, 0.1) is 6.61 Å². The van der Waals surface area contributed by atoms with Gasteiger partial charge in [-0.25, -0.2) is 0 Å². The van der Waals surface area contributed by atoms with Crippen LogP contribution in [0, 0.1) is 6.92 Å². The zero-order valence-electron chi connectivity index (χ0n) is 11.9. The third kappa shape index (κ3) is 4.00. The molecule has 2 rings (SSSR count). The van der Waals surface area contributed by atoms with Crippen molar-refractivity contribution in [3.05, 3.63) is 65.5 Å². The van der Waals surface area contributed by atoms with Gasteiger partial charge in [-0.05, 0) is 26.0 Å². The third-order valence-electron chi connectivity index (χ3n) is 3.16. The zero-order valence-corrected chi connectivity index (χ0v) is 11.9. The highest BCUT2D eigenvalue weighted by atomic mass is 16.5. The van der Waals surface area contributed by atoms with Gasteiger partial charge in [0.1, 0.15) is 6.10 Å². The lowest BCUT2D eigenvalue weighted by atomic mass is 10.1. The molecule has 1 aromatic heterocycles. The average molecular weight is 269 g/mol. The molecule has 1 unspecified atom stereocenters. The number of ether oxygens (including phenoxy) is 1. The number of Topliss-reactive ketones (excluding diaryl/α,β-unsaturated/α-hetero) is 1. The SMILES string of the molecule is Cc1ccc(C(=O)C(C)OCCc2ccccn2)cc1. The van der Waals surface area contributed by atoms with Gasteiger partial charge in [0.15, 0.2) is 5.78 Å². The van der Waals surface area contributed by atoms with Crippen molar-refractivity contribution in [2.45, 2.75) is 26.4 Å². The number of ketones is 1. The summed E-state index contributed by atoms with van der Waals surface area (Å²) in [5.74, 6) is 0.0195. The van der Waals surface area contributed by atoms with E-state index < -0.39 is 6.10 Å². The molecule has 0 bridgehead atoms. The lowest BCUT2D eigenvalue weighted by Gasteiger charge is -2.12. The van der Waals surface area contributed by atoms with Crippen molar-refractivity contribution >= 4 is 5.78 Å². The highest BCUT2D eigenvalue weighted by molar-refractivity contribution is 5.99. The van der Waals surface area contributed by atoms with Gasteiger partial charge in [-0.1, -0.05) is 35.9 Å². The molecule has 0 saturated heterocycles. The van der Waals surface area contributed by atoms with Crippen molar-refractivity contribution in [2.75, 3.05) is 6.61 Å². The lowest BCUT2D eigenvalue weighted by Crippen LogP contribution is -2.22. The number of aromatic nitrogens is 1. The van der Waals surface area contributed by atoms with Gasteiger partial charge >= 0.3 is 0 Å². The second-order valence-corrected chi connectivity index (χ2v) is 4.81. The van der Waals surface area contributed by atoms with E-state index >= 15 is 0 Å². The lowest BCUT2D eigenvalue weighted by molar-refractivity contribution is 0.0485. The monoisotopic (exact) mass is 269 g/mol. The Bertz CT molecular complexity index is 549. The Morgan fingerprint density at radius 2 is 1.95 bits per heavy atom. The Morgan fingerprint density at radius 1 is 1.20 bits per heavy atom. The van der Waals surface area contributed by atoms with Crippen molar-refractivity contribution in [3.8, 4) is 0 Å².